The standard InChI is InChI=1S/C19H26N4O2/c1-21-19(23-10-4-5-14(13-23)11-18(20)24)22-9-8-16-12-15-6-2-3-7-17(15)25-16/h2-3,6-7,12,14H,4-5,8-11,13H2,1H3,(H2,20,24)(H,21,22). The number of likely N-dealkylation sites (tertiary alicyclic amines) is 1. The van der Waals surface area contributed by atoms with E-state index < -0.39 is 0 Å². The van der Waals surface area contributed by atoms with Gasteiger partial charge in [0.05, 0.1) is 0 Å². The third-order valence-electron chi connectivity index (χ3n) is 4.65. The Morgan fingerprint density at radius 1 is 1.44 bits per heavy atom. The van der Waals surface area contributed by atoms with Crippen LogP contribution in [0.5, 0.6) is 0 Å². The number of fused-ring (bicyclic) bond motifs is 1. The zero-order valence-corrected chi connectivity index (χ0v) is 14.7. The van der Waals surface area contributed by atoms with Gasteiger partial charge >= 0.3 is 0 Å². The van der Waals surface area contributed by atoms with E-state index in [0.717, 1.165) is 61.6 Å². The van der Waals surface area contributed by atoms with Gasteiger partial charge in [0.25, 0.3) is 0 Å². The molecular formula is C19H26N4O2. The minimum absolute atomic E-state index is 0.223. The van der Waals surface area contributed by atoms with Gasteiger partial charge in [-0.15, -0.1) is 0 Å². The number of rotatable bonds is 5. The lowest BCUT2D eigenvalue weighted by Crippen LogP contribution is -2.47. The highest BCUT2D eigenvalue weighted by atomic mass is 16.3. The van der Waals surface area contributed by atoms with Crippen molar-refractivity contribution in [2.75, 3.05) is 26.7 Å². The van der Waals surface area contributed by atoms with Crippen LogP contribution in [0.2, 0.25) is 0 Å². The van der Waals surface area contributed by atoms with E-state index in [1.807, 2.05) is 18.2 Å². The maximum Gasteiger partial charge on any atom is 0.217 e. The van der Waals surface area contributed by atoms with E-state index in [4.69, 9.17) is 10.2 Å². The molecule has 1 amide bonds. The van der Waals surface area contributed by atoms with Gasteiger partial charge in [-0.05, 0) is 30.9 Å². The molecule has 1 aliphatic rings. The van der Waals surface area contributed by atoms with Crippen LogP contribution in [0.25, 0.3) is 11.0 Å². The molecule has 1 aliphatic heterocycles. The van der Waals surface area contributed by atoms with Crippen molar-refractivity contribution < 1.29 is 9.21 Å². The SMILES string of the molecule is CN=C(NCCc1cc2ccccc2o1)N1CCCC(CC(N)=O)C1. The summed E-state index contributed by atoms with van der Waals surface area (Å²) in [5.41, 5.74) is 6.26. The number of furan rings is 1. The number of hydrogen-bond acceptors (Lipinski definition) is 3. The molecule has 1 aromatic carbocycles. The highest BCUT2D eigenvalue weighted by Gasteiger charge is 2.23. The van der Waals surface area contributed by atoms with E-state index in [9.17, 15) is 4.79 Å². The number of carbonyl (C=O) groups is 1. The number of benzene rings is 1. The first-order valence-electron chi connectivity index (χ1n) is 8.87. The average molecular weight is 342 g/mol. The van der Waals surface area contributed by atoms with Gasteiger partial charge in [0.15, 0.2) is 5.96 Å². The molecule has 3 N–H and O–H groups in total. The van der Waals surface area contributed by atoms with Gasteiger partial charge in [0.2, 0.25) is 5.91 Å². The number of carbonyl (C=O) groups excluding carboxylic acids is 1. The smallest absolute Gasteiger partial charge is 0.217 e. The molecule has 1 saturated heterocycles. The maximum atomic E-state index is 11.2. The Hall–Kier alpha value is -2.50. The Labute approximate surface area is 148 Å². The fourth-order valence-electron chi connectivity index (χ4n) is 3.50. The molecule has 6 nitrogen and oxygen atoms in total. The molecule has 25 heavy (non-hydrogen) atoms. The second-order valence-electron chi connectivity index (χ2n) is 6.60. The Bertz CT molecular complexity index is 720. The zero-order chi connectivity index (χ0) is 17.6. The van der Waals surface area contributed by atoms with E-state index in [1.165, 1.54) is 0 Å². The average Bonchev–Trinajstić information content (AvgIpc) is 3.01. The summed E-state index contributed by atoms with van der Waals surface area (Å²) >= 11 is 0. The lowest BCUT2D eigenvalue weighted by Gasteiger charge is -2.34. The first kappa shape index (κ1) is 17.3. The topological polar surface area (TPSA) is 83.9 Å². The number of hydrogen-bond donors (Lipinski definition) is 2. The number of nitrogens with one attached hydrogen (secondary N) is 1. The minimum atomic E-state index is -0.223. The molecule has 0 saturated carbocycles. The molecular weight excluding hydrogens is 316 g/mol. The number of guanidine groups is 1. The summed E-state index contributed by atoms with van der Waals surface area (Å²) in [5, 5.41) is 4.54. The van der Waals surface area contributed by atoms with Crippen LogP contribution in [-0.2, 0) is 11.2 Å². The molecule has 3 rings (SSSR count). The van der Waals surface area contributed by atoms with Gasteiger partial charge in [0, 0.05) is 44.9 Å². The third kappa shape index (κ3) is 4.53. The summed E-state index contributed by atoms with van der Waals surface area (Å²) in [6.45, 7) is 2.54. The summed E-state index contributed by atoms with van der Waals surface area (Å²) in [7, 11) is 1.79. The molecule has 0 bridgehead atoms. The van der Waals surface area contributed by atoms with Crippen LogP contribution in [0.1, 0.15) is 25.0 Å². The number of para-hydroxylation sites is 1. The predicted octanol–water partition coefficient (Wildman–Crippen LogP) is 2.14. The van der Waals surface area contributed by atoms with E-state index in [-0.39, 0.29) is 5.91 Å². The molecule has 1 unspecified atom stereocenters. The van der Waals surface area contributed by atoms with Crippen LogP contribution in [0.4, 0.5) is 0 Å². The normalized spacial score (nSPS) is 18.5. The van der Waals surface area contributed by atoms with Crippen molar-refractivity contribution in [3.05, 3.63) is 36.1 Å². The molecule has 2 aromatic rings. The fourth-order valence-corrected chi connectivity index (χ4v) is 3.50. The molecule has 2 heterocycles. The number of piperidine rings is 1. The van der Waals surface area contributed by atoms with Crippen LogP contribution < -0.4 is 11.1 Å². The number of amides is 1. The van der Waals surface area contributed by atoms with Crippen molar-refractivity contribution in [1.29, 1.82) is 0 Å². The second-order valence-corrected chi connectivity index (χ2v) is 6.60. The first-order chi connectivity index (χ1) is 12.2. The fraction of sp³-hybridized carbons (Fsp3) is 0.474. The van der Waals surface area contributed by atoms with Crippen molar-refractivity contribution in [3.8, 4) is 0 Å². The van der Waals surface area contributed by atoms with Crippen LogP contribution in [0.3, 0.4) is 0 Å². The monoisotopic (exact) mass is 342 g/mol. The first-order valence-corrected chi connectivity index (χ1v) is 8.87. The van der Waals surface area contributed by atoms with E-state index >= 15 is 0 Å². The molecule has 1 fully saturated rings. The van der Waals surface area contributed by atoms with Crippen molar-refractivity contribution >= 4 is 22.8 Å². The van der Waals surface area contributed by atoms with Crippen molar-refractivity contribution in [2.45, 2.75) is 25.7 Å². The predicted molar refractivity (Wildman–Crippen MR) is 99.4 cm³/mol. The van der Waals surface area contributed by atoms with Crippen LogP contribution in [-0.4, -0.2) is 43.4 Å². The van der Waals surface area contributed by atoms with E-state index in [1.54, 1.807) is 7.05 Å². The van der Waals surface area contributed by atoms with E-state index in [2.05, 4.69) is 27.3 Å². The summed E-state index contributed by atoms with van der Waals surface area (Å²) in [5.74, 6) is 1.94. The van der Waals surface area contributed by atoms with Gasteiger partial charge in [0.1, 0.15) is 11.3 Å². The molecule has 0 radical (unpaired) electrons. The number of primary amides is 1. The molecule has 0 spiro atoms. The number of nitrogens with zero attached hydrogens (tertiary/aromatic N) is 2. The Morgan fingerprint density at radius 3 is 3.04 bits per heavy atom. The molecule has 6 heteroatoms. The Morgan fingerprint density at radius 2 is 2.28 bits per heavy atom. The van der Waals surface area contributed by atoms with Gasteiger partial charge in [-0.2, -0.15) is 0 Å². The molecule has 1 atom stereocenters. The van der Waals surface area contributed by atoms with Gasteiger partial charge in [-0.1, -0.05) is 18.2 Å². The lowest BCUT2D eigenvalue weighted by atomic mass is 9.95. The van der Waals surface area contributed by atoms with Gasteiger partial charge in [-0.3, -0.25) is 9.79 Å². The van der Waals surface area contributed by atoms with Gasteiger partial charge < -0.3 is 20.4 Å². The Balaban J connectivity index is 1.52. The van der Waals surface area contributed by atoms with Crippen LogP contribution in [0, 0.1) is 5.92 Å². The molecule has 0 aliphatic carbocycles. The van der Waals surface area contributed by atoms with Crippen LogP contribution in [0.15, 0.2) is 39.7 Å². The summed E-state index contributed by atoms with van der Waals surface area (Å²) < 4.78 is 5.84. The van der Waals surface area contributed by atoms with Crippen molar-refractivity contribution in [1.82, 2.24) is 10.2 Å². The number of aliphatic imine (C=N–C) groups is 1. The van der Waals surface area contributed by atoms with Crippen molar-refractivity contribution in [3.63, 3.8) is 0 Å². The van der Waals surface area contributed by atoms with Gasteiger partial charge in [-0.25, -0.2) is 0 Å². The summed E-state index contributed by atoms with van der Waals surface area (Å²) in [6.07, 6.45) is 3.36. The van der Waals surface area contributed by atoms with Crippen molar-refractivity contribution in [2.24, 2.45) is 16.6 Å². The number of nitrogens with two attached hydrogens (primary N) is 1. The Kier molecular flexibility index (Phi) is 5.58. The quantitative estimate of drug-likeness (QED) is 0.644. The maximum absolute atomic E-state index is 11.2. The molecule has 1 aromatic heterocycles. The summed E-state index contributed by atoms with van der Waals surface area (Å²) in [4.78, 5) is 17.8. The molecule has 134 valence electrons. The minimum Gasteiger partial charge on any atom is -0.461 e. The lowest BCUT2D eigenvalue weighted by molar-refractivity contribution is -0.119. The largest absolute Gasteiger partial charge is 0.461 e. The highest BCUT2D eigenvalue weighted by Crippen LogP contribution is 2.20. The zero-order valence-electron chi connectivity index (χ0n) is 14.7. The third-order valence-corrected chi connectivity index (χ3v) is 4.65. The summed E-state index contributed by atoms with van der Waals surface area (Å²) in [6, 6.07) is 10.1. The second kappa shape index (κ2) is 8.05. The van der Waals surface area contributed by atoms with E-state index in [0.29, 0.717) is 12.3 Å². The highest BCUT2D eigenvalue weighted by molar-refractivity contribution is 5.80. The van der Waals surface area contributed by atoms with Crippen LogP contribution >= 0.6 is 0 Å².